The van der Waals surface area contributed by atoms with E-state index < -0.39 is 17.5 Å². The number of rotatable bonds is 2. The summed E-state index contributed by atoms with van der Waals surface area (Å²) in [5.74, 6) is -2.96. The molecule has 0 saturated heterocycles. The second-order valence-electron chi connectivity index (χ2n) is 12.6. The maximum Gasteiger partial charge on any atom is 0.279 e. The van der Waals surface area contributed by atoms with Crippen molar-refractivity contribution in [2.45, 2.75) is 49.7 Å². The first-order chi connectivity index (χ1) is 21.9. The van der Waals surface area contributed by atoms with Gasteiger partial charge in [-0.3, -0.25) is 4.79 Å². The monoisotopic (exact) mass is 598 g/mol. The molecule has 0 aromatic heterocycles. The van der Waals surface area contributed by atoms with Crippen LogP contribution in [0.15, 0.2) is 96.1 Å². The SMILES string of the molecule is COc1cc2c3c(c1O)-c1cc(ccc1O)CC/C=C\[C@@H]3C([C@@H]1C3=CC(=O)[C@@]4(O)Oc5ccc(cc5[C@@H]14)CC/C=C\C=C\C3)=C2. The van der Waals surface area contributed by atoms with Gasteiger partial charge in [-0.25, -0.2) is 0 Å². The van der Waals surface area contributed by atoms with E-state index >= 15 is 0 Å². The minimum Gasteiger partial charge on any atom is -0.507 e. The van der Waals surface area contributed by atoms with E-state index in [1.807, 2.05) is 42.5 Å². The van der Waals surface area contributed by atoms with Crippen LogP contribution in [-0.4, -0.2) is 34.0 Å². The van der Waals surface area contributed by atoms with Gasteiger partial charge in [-0.15, -0.1) is 0 Å². The molecule has 226 valence electrons. The van der Waals surface area contributed by atoms with Gasteiger partial charge in [0.25, 0.3) is 5.79 Å². The summed E-state index contributed by atoms with van der Waals surface area (Å²) in [4.78, 5) is 13.7. The van der Waals surface area contributed by atoms with Crippen molar-refractivity contribution in [2.24, 2.45) is 5.92 Å². The fourth-order valence-electron chi connectivity index (χ4n) is 7.93. The Labute approximate surface area is 262 Å². The second kappa shape index (κ2) is 10.4. The molecule has 6 bridgehead atoms. The topological polar surface area (TPSA) is 96.2 Å². The van der Waals surface area contributed by atoms with E-state index in [9.17, 15) is 20.1 Å². The lowest BCUT2D eigenvalue weighted by Gasteiger charge is -2.40. The number of hydrogen-bond acceptors (Lipinski definition) is 6. The molecule has 6 nitrogen and oxygen atoms in total. The van der Waals surface area contributed by atoms with E-state index in [-0.39, 0.29) is 23.3 Å². The number of ether oxygens (including phenoxy) is 2. The van der Waals surface area contributed by atoms with Crippen LogP contribution in [0.1, 0.15) is 58.9 Å². The number of carbonyl (C=O) groups excluding carboxylic acids is 1. The smallest absolute Gasteiger partial charge is 0.279 e. The molecule has 0 unspecified atom stereocenters. The Bertz CT molecular complexity index is 1920. The Balaban J connectivity index is 1.39. The molecule has 3 aromatic carbocycles. The third-order valence-electron chi connectivity index (χ3n) is 10.0. The van der Waals surface area contributed by atoms with Gasteiger partial charge in [-0.05, 0) is 84.7 Å². The molecule has 1 aliphatic heterocycles. The standard InChI is InChI=1S/C39H34O6/c1-44-32-20-25-19-27(26-12-8-7-10-22-13-15-30(40)28(17-22)36(34(25)26)38(32)42)35-24-11-6-4-2-3-5-9-23-14-16-31-29(18-23)37(35)39(43,45-31)33(41)21-24/h2-4,6,8,12-21,26,35,37,40,42-43H,5,7,9-11H2,1H3/b3-2-,6-4+,12-8-/t26-,35+,37+,39-/m1/s1. The summed E-state index contributed by atoms with van der Waals surface area (Å²) in [5.41, 5.74) is 7.69. The highest BCUT2D eigenvalue weighted by Gasteiger charge is 2.60. The number of carbonyl (C=O) groups is 1. The minimum atomic E-state index is -2.04. The first kappa shape index (κ1) is 27.7. The zero-order valence-corrected chi connectivity index (χ0v) is 25.0. The van der Waals surface area contributed by atoms with Gasteiger partial charge in [0.1, 0.15) is 11.5 Å². The van der Waals surface area contributed by atoms with Gasteiger partial charge in [0.15, 0.2) is 11.5 Å². The summed E-state index contributed by atoms with van der Waals surface area (Å²) in [7, 11) is 1.52. The van der Waals surface area contributed by atoms with Gasteiger partial charge in [0.05, 0.1) is 13.0 Å². The maximum absolute atomic E-state index is 13.7. The van der Waals surface area contributed by atoms with Crippen molar-refractivity contribution < 1.29 is 29.6 Å². The predicted molar refractivity (Wildman–Crippen MR) is 172 cm³/mol. The zero-order chi connectivity index (χ0) is 30.9. The lowest BCUT2D eigenvalue weighted by molar-refractivity contribution is -0.172. The quantitative estimate of drug-likeness (QED) is 0.270. The van der Waals surface area contributed by atoms with Crippen molar-refractivity contribution in [2.75, 3.05) is 7.11 Å². The molecular weight excluding hydrogens is 564 g/mol. The Morgan fingerprint density at radius 1 is 0.933 bits per heavy atom. The lowest BCUT2D eigenvalue weighted by atomic mass is 9.65. The number of aryl methyl sites for hydroxylation is 2. The van der Waals surface area contributed by atoms with Crippen LogP contribution in [0.25, 0.3) is 17.2 Å². The third kappa shape index (κ3) is 4.23. The van der Waals surface area contributed by atoms with Crippen LogP contribution in [-0.2, 0) is 17.6 Å². The van der Waals surface area contributed by atoms with Crippen LogP contribution in [0.3, 0.4) is 0 Å². The minimum absolute atomic E-state index is 0.0317. The fourth-order valence-corrected chi connectivity index (χ4v) is 7.93. The van der Waals surface area contributed by atoms with Gasteiger partial charge in [-0.2, -0.15) is 0 Å². The first-order valence-electron chi connectivity index (χ1n) is 15.6. The largest absolute Gasteiger partial charge is 0.507 e. The van der Waals surface area contributed by atoms with E-state index in [4.69, 9.17) is 9.47 Å². The number of ketones is 1. The molecule has 0 spiro atoms. The zero-order valence-electron chi connectivity index (χ0n) is 25.0. The fraction of sp³-hybridized carbons (Fsp3) is 0.256. The van der Waals surface area contributed by atoms with Gasteiger partial charge >= 0.3 is 0 Å². The maximum atomic E-state index is 13.7. The number of benzene rings is 3. The lowest BCUT2D eigenvalue weighted by Crippen LogP contribution is -2.51. The Morgan fingerprint density at radius 3 is 2.56 bits per heavy atom. The summed E-state index contributed by atoms with van der Waals surface area (Å²) in [6, 6.07) is 13.4. The number of phenols is 2. The number of allylic oxidation sites excluding steroid dienone is 8. The highest BCUT2D eigenvalue weighted by molar-refractivity contribution is 6.00. The third-order valence-corrected chi connectivity index (χ3v) is 10.0. The molecule has 0 radical (unpaired) electrons. The van der Waals surface area contributed by atoms with Crippen LogP contribution < -0.4 is 9.47 Å². The van der Waals surface area contributed by atoms with Crippen LogP contribution >= 0.6 is 0 Å². The number of aliphatic hydroxyl groups is 1. The highest BCUT2D eigenvalue weighted by atomic mass is 16.6. The highest BCUT2D eigenvalue weighted by Crippen LogP contribution is 2.61. The molecule has 3 N–H and O–H groups in total. The van der Waals surface area contributed by atoms with Crippen LogP contribution in [0.2, 0.25) is 0 Å². The molecule has 0 fully saturated rings. The van der Waals surface area contributed by atoms with Crippen molar-refractivity contribution >= 4 is 11.9 Å². The number of hydrogen-bond donors (Lipinski definition) is 3. The summed E-state index contributed by atoms with van der Waals surface area (Å²) < 4.78 is 11.8. The van der Waals surface area contributed by atoms with Crippen molar-refractivity contribution in [3.8, 4) is 34.1 Å². The summed E-state index contributed by atoms with van der Waals surface area (Å²) in [6.07, 6.45) is 20.1. The van der Waals surface area contributed by atoms with Crippen molar-refractivity contribution in [3.63, 3.8) is 0 Å². The van der Waals surface area contributed by atoms with E-state index in [1.54, 1.807) is 12.1 Å². The van der Waals surface area contributed by atoms with Crippen LogP contribution in [0, 0.1) is 5.92 Å². The molecule has 0 amide bonds. The van der Waals surface area contributed by atoms with Gasteiger partial charge < -0.3 is 24.8 Å². The average molecular weight is 599 g/mol. The molecule has 0 saturated carbocycles. The molecule has 1 heterocycles. The Morgan fingerprint density at radius 2 is 1.71 bits per heavy atom. The number of fused-ring (bicyclic) bond motifs is 5. The van der Waals surface area contributed by atoms with Crippen LogP contribution in [0.4, 0.5) is 0 Å². The van der Waals surface area contributed by atoms with Crippen molar-refractivity contribution in [1.29, 1.82) is 0 Å². The van der Waals surface area contributed by atoms with E-state index in [0.717, 1.165) is 64.6 Å². The van der Waals surface area contributed by atoms with E-state index in [2.05, 4.69) is 36.4 Å². The molecule has 45 heavy (non-hydrogen) atoms. The molecule has 5 aliphatic rings. The van der Waals surface area contributed by atoms with Crippen LogP contribution in [0.5, 0.6) is 23.0 Å². The summed E-state index contributed by atoms with van der Waals surface area (Å²) in [5, 5.41) is 34.8. The molecule has 3 aromatic rings. The second-order valence-corrected chi connectivity index (χ2v) is 12.6. The Hall–Kier alpha value is -4.81. The Kier molecular flexibility index (Phi) is 6.40. The summed E-state index contributed by atoms with van der Waals surface area (Å²) >= 11 is 0. The molecular formula is C39H34O6. The van der Waals surface area contributed by atoms with Gasteiger partial charge in [0.2, 0.25) is 5.78 Å². The summed E-state index contributed by atoms with van der Waals surface area (Å²) in [6.45, 7) is 0. The number of aromatic hydroxyl groups is 2. The first-order valence-corrected chi connectivity index (χ1v) is 15.6. The normalized spacial score (nSPS) is 28.0. The molecule has 6 heteroatoms. The predicted octanol–water partition coefficient (Wildman–Crippen LogP) is 7.20. The van der Waals surface area contributed by atoms with Gasteiger partial charge in [0, 0.05) is 28.5 Å². The number of methoxy groups -OCH3 is 1. The average Bonchev–Trinajstić information content (AvgIpc) is 3.54. The number of phenolic OH excluding ortho intramolecular Hbond substituents is 2. The van der Waals surface area contributed by atoms with E-state index in [0.29, 0.717) is 29.0 Å². The molecule has 8 rings (SSSR count). The van der Waals surface area contributed by atoms with Crippen molar-refractivity contribution in [3.05, 3.63) is 124 Å². The van der Waals surface area contributed by atoms with Gasteiger partial charge in [-0.1, -0.05) is 71.9 Å². The molecule has 4 atom stereocenters. The van der Waals surface area contributed by atoms with Crippen molar-refractivity contribution in [1.82, 2.24) is 0 Å². The molecule has 4 aliphatic carbocycles. The van der Waals surface area contributed by atoms with E-state index in [1.165, 1.54) is 7.11 Å².